The molecule has 0 spiro atoms. The Labute approximate surface area is 134 Å². The molecule has 2 atom stereocenters. The summed E-state index contributed by atoms with van der Waals surface area (Å²) in [6.45, 7) is 6.66. The molecule has 1 aliphatic heterocycles. The van der Waals surface area contributed by atoms with Crippen LogP contribution in [0.1, 0.15) is 18.1 Å². The van der Waals surface area contributed by atoms with E-state index in [4.69, 9.17) is 4.74 Å². The molecule has 0 N–H and O–H groups in total. The molecule has 0 bridgehead atoms. The lowest BCUT2D eigenvalue weighted by molar-refractivity contribution is -0.0511. The lowest BCUT2D eigenvalue weighted by atomic mass is 9.88. The molecule has 3 heteroatoms. The third-order valence-electron chi connectivity index (χ3n) is 4.33. The largest absolute Gasteiger partial charge is 0.371 e. The van der Waals surface area contributed by atoms with Crippen LogP contribution in [0.2, 0.25) is 0 Å². The van der Waals surface area contributed by atoms with Crippen LogP contribution in [-0.2, 0) is 4.74 Å². The van der Waals surface area contributed by atoms with Crippen LogP contribution in [0.5, 0.6) is 0 Å². The van der Waals surface area contributed by atoms with E-state index in [2.05, 4.69) is 82.1 Å². The fraction of sp³-hybridized carbons (Fsp3) is 0.333. The Morgan fingerprint density at radius 3 is 2.76 bits per heavy atom. The lowest BCUT2D eigenvalue weighted by Gasteiger charge is -2.44. The van der Waals surface area contributed by atoms with Gasteiger partial charge in [0.1, 0.15) is 0 Å². The van der Waals surface area contributed by atoms with E-state index in [1.807, 2.05) is 0 Å². The molecule has 3 rings (SSSR count). The second-order valence-corrected chi connectivity index (χ2v) is 6.46. The molecule has 1 aromatic rings. The van der Waals surface area contributed by atoms with Crippen molar-refractivity contribution >= 4 is 15.9 Å². The van der Waals surface area contributed by atoms with E-state index in [9.17, 15) is 0 Å². The number of rotatable bonds is 3. The quantitative estimate of drug-likeness (QED) is 0.758. The number of halogens is 1. The predicted octanol–water partition coefficient (Wildman–Crippen LogP) is 4.26. The SMILES string of the molecule is C=C[C@]1(N2CCO[C@@H](c3ccc(Br)cc3)C2)C=CC=CC1. The van der Waals surface area contributed by atoms with Crippen LogP contribution in [0.4, 0.5) is 0 Å². The van der Waals surface area contributed by atoms with Gasteiger partial charge in [-0.25, -0.2) is 0 Å². The van der Waals surface area contributed by atoms with Gasteiger partial charge in [-0.2, -0.15) is 0 Å². The van der Waals surface area contributed by atoms with Crippen molar-refractivity contribution in [1.82, 2.24) is 4.90 Å². The van der Waals surface area contributed by atoms with Crippen LogP contribution in [0.15, 0.2) is 65.7 Å². The normalized spacial score (nSPS) is 29.5. The minimum atomic E-state index is -0.0633. The molecular weight excluding hydrogens is 326 g/mol. The third-order valence-corrected chi connectivity index (χ3v) is 4.86. The van der Waals surface area contributed by atoms with Crippen molar-refractivity contribution in [1.29, 1.82) is 0 Å². The average molecular weight is 346 g/mol. The second-order valence-electron chi connectivity index (χ2n) is 5.54. The van der Waals surface area contributed by atoms with E-state index >= 15 is 0 Å². The summed E-state index contributed by atoms with van der Waals surface area (Å²) in [6, 6.07) is 8.42. The summed E-state index contributed by atoms with van der Waals surface area (Å²) >= 11 is 3.48. The second kappa shape index (κ2) is 6.30. The van der Waals surface area contributed by atoms with E-state index in [1.165, 1.54) is 5.56 Å². The first kappa shape index (κ1) is 14.8. The van der Waals surface area contributed by atoms with Gasteiger partial charge >= 0.3 is 0 Å². The zero-order valence-corrected chi connectivity index (χ0v) is 13.6. The third kappa shape index (κ3) is 3.05. The van der Waals surface area contributed by atoms with E-state index in [-0.39, 0.29) is 11.6 Å². The Balaban J connectivity index is 1.79. The fourth-order valence-electron chi connectivity index (χ4n) is 3.05. The molecule has 1 heterocycles. The molecule has 0 amide bonds. The van der Waals surface area contributed by atoms with Gasteiger partial charge in [0.05, 0.1) is 18.2 Å². The molecular formula is C18H20BrNO. The highest BCUT2D eigenvalue weighted by molar-refractivity contribution is 9.10. The number of benzene rings is 1. The molecule has 0 radical (unpaired) electrons. The number of hydrogen-bond acceptors (Lipinski definition) is 2. The van der Waals surface area contributed by atoms with Gasteiger partial charge in [-0.3, -0.25) is 4.90 Å². The van der Waals surface area contributed by atoms with Crippen LogP contribution >= 0.6 is 15.9 Å². The topological polar surface area (TPSA) is 12.5 Å². The Morgan fingerprint density at radius 2 is 2.10 bits per heavy atom. The average Bonchev–Trinajstić information content (AvgIpc) is 2.56. The van der Waals surface area contributed by atoms with Gasteiger partial charge < -0.3 is 4.74 Å². The maximum Gasteiger partial charge on any atom is 0.0952 e. The van der Waals surface area contributed by atoms with Gasteiger partial charge in [-0.1, -0.05) is 58.4 Å². The van der Waals surface area contributed by atoms with Crippen LogP contribution in [0.25, 0.3) is 0 Å². The summed E-state index contributed by atoms with van der Waals surface area (Å²) in [4.78, 5) is 2.48. The fourth-order valence-corrected chi connectivity index (χ4v) is 3.31. The number of ether oxygens (including phenoxy) is 1. The summed E-state index contributed by atoms with van der Waals surface area (Å²) in [7, 11) is 0. The molecule has 1 aromatic carbocycles. The molecule has 2 aliphatic rings. The zero-order valence-electron chi connectivity index (χ0n) is 12.0. The minimum Gasteiger partial charge on any atom is -0.371 e. The van der Waals surface area contributed by atoms with Crippen LogP contribution in [-0.4, -0.2) is 30.1 Å². The molecule has 2 nitrogen and oxygen atoms in total. The Bertz CT molecular complexity index is 563. The van der Waals surface area contributed by atoms with Gasteiger partial charge in [0.25, 0.3) is 0 Å². The maximum atomic E-state index is 5.98. The summed E-state index contributed by atoms with van der Waals surface area (Å²) < 4.78 is 7.08. The van der Waals surface area contributed by atoms with Crippen LogP contribution in [0.3, 0.4) is 0 Å². The van der Waals surface area contributed by atoms with Crippen LogP contribution in [0, 0.1) is 0 Å². The summed E-state index contributed by atoms with van der Waals surface area (Å²) in [5.74, 6) is 0. The Hall–Kier alpha value is -1.16. The molecule has 0 saturated carbocycles. The van der Waals surface area contributed by atoms with Crippen molar-refractivity contribution in [3.8, 4) is 0 Å². The Kier molecular flexibility index (Phi) is 4.43. The predicted molar refractivity (Wildman–Crippen MR) is 90.2 cm³/mol. The van der Waals surface area contributed by atoms with Gasteiger partial charge in [0, 0.05) is 17.6 Å². The van der Waals surface area contributed by atoms with Crippen molar-refractivity contribution in [3.63, 3.8) is 0 Å². The highest BCUT2D eigenvalue weighted by Crippen LogP contribution is 2.32. The molecule has 1 saturated heterocycles. The molecule has 21 heavy (non-hydrogen) atoms. The smallest absolute Gasteiger partial charge is 0.0952 e. The summed E-state index contributed by atoms with van der Waals surface area (Å²) in [6.07, 6.45) is 11.9. The van der Waals surface area contributed by atoms with Gasteiger partial charge in [0.15, 0.2) is 0 Å². The van der Waals surface area contributed by atoms with E-state index in [0.717, 1.165) is 30.6 Å². The van der Waals surface area contributed by atoms with Crippen molar-refractivity contribution < 1.29 is 4.74 Å². The van der Waals surface area contributed by atoms with Gasteiger partial charge in [-0.05, 0) is 24.1 Å². The lowest BCUT2D eigenvalue weighted by Crippen LogP contribution is -2.52. The minimum absolute atomic E-state index is 0.0633. The van der Waals surface area contributed by atoms with E-state index in [0.29, 0.717) is 0 Å². The molecule has 1 aliphatic carbocycles. The molecule has 0 unspecified atom stereocenters. The van der Waals surface area contributed by atoms with E-state index < -0.39 is 0 Å². The first-order chi connectivity index (χ1) is 10.2. The number of allylic oxidation sites excluding steroid dienone is 2. The standard InChI is InChI=1S/C18H20BrNO/c1-2-18(10-4-3-5-11-18)20-12-13-21-17(14-20)15-6-8-16(19)9-7-15/h2-10,17H,1,11-14H2/t17-,18+/m1/s1. The highest BCUT2D eigenvalue weighted by atomic mass is 79.9. The first-order valence-electron chi connectivity index (χ1n) is 7.34. The Morgan fingerprint density at radius 1 is 1.29 bits per heavy atom. The van der Waals surface area contributed by atoms with Crippen molar-refractivity contribution in [2.75, 3.05) is 19.7 Å². The highest BCUT2D eigenvalue weighted by Gasteiger charge is 2.35. The number of nitrogens with zero attached hydrogens (tertiary/aromatic N) is 1. The van der Waals surface area contributed by atoms with Crippen molar-refractivity contribution in [2.24, 2.45) is 0 Å². The maximum absolute atomic E-state index is 5.98. The van der Waals surface area contributed by atoms with Gasteiger partial charge in [-0.15, -0.1) is 6.58 Å². The number of morpholine rings is 1. The zero-order chi connectivity index (χ0) is 14.7. The summed E-state index contributed by atoms with van der Waals surface area (Å²) in [5, 5.41) is 0. The summed E-state index contributed by atoms with van der Waals surface area (Å²) in [5.41, 5.74) is 1.17. The molecule has 0 aromatic heterocycles. The molecule has 1 fully saturated rings. The van der Waals surface area contributed by atoms with E-state index in [1.54, 1.807) is 0 Å². The van der Waals surface area contributed by atoms with Crippen LogP contribution < -0.4 is 0 Å². The monoisotopic (exact) mass is 345 g/mol. The van der Waals surface area contributed by atoms with Crippen molar-refractivity contribution in [3.05, 3.63) is 71.3 Å². The van der Waals surface area contributed by atoms with Crippen molar-refractivity contribution in [2.45, 2.75) is 18.1 Å². The molecule has 110 valence electrons. The first-order valence-corrected chi connectivity index (χ1v) is 8.13. The van der Waals surface area contributed by atoms with Gasteiger partial charge in [0.2, 0.25) is 0 Å². The number of hydrogen-bond donors (Lipinski definition) is 0.